The Labute approximate surface area is 169 Å². The van der Waals surface area contributed by atoms with E-state index in [0.717, 1.165) is 42.6 Å². The van der Waals surface area contributed by atoms with Crippen LogP contribution in [-0.2, 0) is 4.74 Å². The maximum Gasteiger partial charge on any atom is 0.171 e. The summed E-state index contributed by atoms with van der Waals surface area (Å²) in [6.07, 6.45) is 0. The summed E-state index contributed by atoms with van der Waals surface area (Å²) >= 11 is 13.5. The minimum atomic E-state index is 0.159. The number of nitrogens with one attached hydrogen (secondary N) is 2. The summed E-state index contributed by atoms with van der Waals surface area (Å²) in [6, 6.07) is 10.5. The first kappa shape index (κ1) is 19.6. The summed E-state index contributed by atoms with van der Waals surface area (Å²) in [4.78, 5) is 3.81. The molecule has 2 heterocycles. The number of morpholine rings is 1. The lowest BCUT2D eigenvalue weighted by Crippen LogP contribution is -2.49. The van der Waals surface area contributed by atoms with Crippen LogP contribution in [0, 0.1) is 6.92 Å². The first-order chi connectivity index (χ1) is 12.6. The van der Waals surface area contributed by atoms with Gasteiger partial charge in [-0.1, -0.05) is 23.7 Å². The van der Waals surface area contributed by atoms with E-state index in [9.17, 15) is 0 Å². The molecule has 0 aliphatic carbocycles. The van der Waals surface area contributed by atoms with Gasteiger partial charge in [0.15, 0.2) is 5.11 Å². The molecule has 0 unspecified atom stereocenters. The number of halogens is 1. The van der Waals surface area contributed by atoms with Crippen molar-refractivity contribution >= 4 is 46.0 Å². The summed E-state index contributed by atoms with van der Waals surface area (Å²) in [5.74, 6) is 0. The number of ether oxygens (including phenoxy) is 1. The van der Waals surface area contributed by atoms with Crippen LogP contribution >= 0.6 is 35.2 Å². The molecule has 4 nitrogen and oxygen atoms in total. The average Bonchev–Trinajstić information content (AvgIpc) is 3.14. The fourth-order valence-electron chi connectivity index (χ4n) is 3.24. The summed E-state index contributed by atoms with van der Waals surface area (Å²) in [6.45, 7) is 7.58. The molecule has 1 fully saturated rings. The van der Waals surface area contributed by atoms with Crippen LogP contribution in [0.1, 0.15) is 23.4 Å². The Balaban J connectivity index is 1.69. The second-order valence-corrected chi connectivity index (χ2v) is 8.20. The molecule has 140 valence electrons. The van der Waals surface area contributed by atoms with E-state index in [1.807, 2.05) is 25.1 Å². The van der Waals surface area contributed by atoms with Crippen molar-refractivity contribution in [2.75, 3.05) is 31.6 Å². The second kappa shape index (κ2) is 9.15. The van der Waals surface area contributed by atoms with Crippen molar-refractivity contribution in [3.8, 4) is 0 Å². The Kier molecular flexibility index (Phi) is 6.89. The van der Waals surface area contributed by atoms with Crippen molar-refractivity contribution in [3.63, 3.8) is 0 Å². The number of hydrogen-bond donors (Lipinski definition) is 2. The molecule has 1 aromatic heterocycles. The second-order valence-electron chi connectivity index (χ2n) is 6.41. The summed E-state index contributed by atoms with van der Waals surface area (Å²) < 4.78 is 5.52. The lowest BCUT2D eigenvalue weighted by Gasteiger charge is -2.38. The van der Waals surface area contributed by atoms with Gasteiger partial charge in [-0.05, 0) is 55.2 Å². The number of rotatable bonds is 5. The zero-order valence-corrected chi connectivity index (χ0v) is 17.4. The van der Waals surface area contributed by atoms with Crippen LogP contribution in [0.4, 0.5) is 5.69 Å². The van der Waals surface area contributed by atoms with Gasteiger partial charge in [0, 0.05) is 34.7 Å². The highest BCUT2D eigenvalue weighted by Gasteiger charge is 2.29. The molecule has 2 atom stereocenters. The molecule has 1 saturated heterocycles. The third-order valence-corrected chi connectivity index (χ3v) is 6.19. The summed E-state index contributed by atoms with van der Waals surface area (Å²) in [5, 5.41) is 10.2. The van der Waals surface area contributed by atoms with Crippen LogP contribution in [-0.4, -0.2) is 42.4 Å². The van der Waals surface area contributed by atoms with Crippen molar-refractivity contribution in [1.82, 2.24) is 10.2 Å². The lowest BCUT2D eigenvalue weighted by molar-refractivity contribution is 0.0110. The number of hydrogen-bond acceptors (Lipinski definition) is 4. The number of thiocarbonyl (C=S) groups is 1. The van der Waals surface area contributed by atoms with Crippen molar-refractivity contribution in [2.24, 2.45) is 0 Å². The van der Waals surface area contributed by atoms with Crippen LogP contribution in [0.2, 0.25) is 5.02 Å². The van der Waals surface area contributed by atoms with Crippen molar-refractivity contribution < 1.29 is 4.74 Å². The third-order valence-electron chi connectivity index (χ3n) is 4.62. The van der Waals surface area contributed by atoms with Crippen LogP contribution in [0.3, 0.4) is 0 Å². The monoisotopic (exact) mass is 409 g/mol. The Hall–Kier alpha value is -1.18. The van der Waals surface area contributed by atoms with Gasteiger partial charge >= 0.3 is 0 Å². The van der Waals surface area contributed by atoms with E-state index in [2.05, 4.69) is 40.0 Å². The molecule has 1 aliphatic heterocycles. The predicted molar refractivity (Wildman–Crippen MR) is 114 cm³/mol. The van der Waals surface area contributed by atoms with Crippen LogP contribution < -0.4 is 10.6 Å². The molecule has 0 amide bonds. The maximum absolute atomic E-state index is 6.20. The molecule has 2 N–H and O–H groups in total. The van der Waals surface area contributed by atoms with E-state index in [-0.39, 0.29) is 12.1 Å². The molecule has 0 bridgehead atoms. The smallest absolute Gasteiger partial charge is 0.171 e. The molecule has 26 heavy (non-hydrogen) atoms. The quantitative estimate of drug-likeness (QED) is 0.713. The first-order valence-corrected chi connectivity index (χ1v) is 10.4. The molecule has 3 rings (SSSR count). The molecular weight excluding hydrogens is 386 g/mol. The van der Waals surface area contributed by atoms with Gasteiger partial charge in [-0.3, -0.25) is 4.90 Å². The molecule has 1 aromatic carbocycles. The molecule has 0 spiro atoms. The fourth-order valence-corrected chi connectivity index (χ4v) is 4.68. The van der Waals surface area contributed by atoms with Crippen LogP contribution in [0.15, 0.2) is 35.7 Å². The zero-order valence-electron chi connectivity index (χ0n) is 15.0. The molecule has 7 heteroatoms. The largest absolute Gasteiger partial charge is 0.379 e. The van der Waals surface area contributed by atoms with E-state index in [1.165, 1.54) is 4.88 Å². The van der Waals surface area contributed by atoms with E-state index < -0.39 is 0 Å². The van der Waals surface area contributed by atoms with Gasteiger partial charge in [-0.2, -0.15) is 0 Å². The van der Waals surface area contributed by atoms with Gasteiger partial charge in [-0.15, -0.1) is 11.3 Å². The highest BCUT2D eigenvalue weighted by Crippen LogP contribution is 2.29. The molecule has 0 saturated carbocycles. The Morgan fingerprint density at radius 2 is 2.04 bits per heavy atom. The number of benzene rings is 1. The van der Waals surface area contributed by atoms with Gasteiger partial charge in [0.2, 0.25) is 0 Å². The van der Waals surface area contributed by atoms with Gasteiger partial charge in [0.1, 0.15) is 0 Å². The minimum Gasteiger partial charge on any atom is -0.379 e. The number of nitrogens with zero attached hydrogens (tertiary/aromatic N) is 1. The van der Waals surface area contributed by atoms with E-state index in [1.54, 1.807) is 11.3 Å². The SMILES string of the molecule is Cc1c(Cl)cccc1NC(=S)N[C@@H](C)[C@@H](c1cccs1)N1CCOCC1. The first-order valence-electron chi connectivity index (χ1n) is 8.74. The Morgan fingerprint density at radius 3 is 2.73 bits per heavy atom. The Morgan fingerprint density at radius 1 is 1.27 bits per heavy atom. The standard InChI is InChI=1S/C19H24ClN3OS2/c1-13-15(20)5-3-6-16(13)22-19(25)21-14(2)18(17-7-4-12-26-17)23-8-10-24-11-9-23/h3-7,12,14,18H,8-11H2,1-2H3,(H2,21,22,25)/t14-,18-/m0/s1. The fraction of sp³-hybridized carbons (Fsp3) is 0.421. The maximum atomic E-state index is 6.20. The van der Waals surface area contributed by atoms with Gasteiger partial charge in [0.05, 0.1) is 19.3 Å². The van der Waals surface area contributed by atoms with E-state index >= 15 is 0 Å². The summed E-state index contributed by atoms with van der Waals surface area (Å²) in [5.41, 5.74) is 1.93. The minimum absolute atomic E-state index is 0.159. The van der Waals surface area contributed by atoms with E-state index in [0.29, 0.717) is 5.11 Å². The van der Waals surface area contributed by atoms with Crippen molar-refractivity contribution in [2.45, 2.75) is 25.9 Å². The van der Waals surface area contributed by atoms with Crippen molar-refractivity contribution in [3.05, 3.63) is 51.2 Å². The molecule has 2 aromatic rings. The number of anilines is 1. The lowest BCUT2D eigenvalue weighted by atomic mass is 10.1. The zero-order chi connectivity index (χ0) is 18.5. The van der Waals surface area contributed by atoms with E-state index in [4.69, 9.17) is 28.6 Å². The van der Waals surface area contributed by atoms with Crippen LogP contribution in [0.5, 0.6) is 0 Å². The van der Waals surface area contributed by atoms with Crippen LogP contribution in [0.25, 0.3) is 0 Å². The highest BCUT2D eigenvalue weighted by molar-refractivity contribution is 7.80. The molecule has 0 radical (unpaired) electrons. The van der Waals surface area contributed by atoms with Crippen molar-refractivity contribution in [1.29, 1.82) is 0 Å². The average molecular weight is 410 g/mol. The van der Waals surface area contributed by atoms with Gasteiger partial charge in [-0.25, -0.2) is 0 Å². The summed E-state index contributed by atoms with van der Waals surface area (Å²) in [7, 11) is 0. The van der Waals surface area contributed by atoms with Gasteiger partial charge in [0.25, 0.3) is 0 Å². The topological polar surface area (TPSA) is 36.5 Å². The number of thiophene rings is 1. The highest BCUT2D eigenvalue weighted by atomic mass is 35.5. The Bertz CT molecular complexity index is 732. The normalized spacial score (nSPS) is 17.5. The van der Waals surface area contributed by atoms with Gasteiger partial charge < -0.3 is 15.4 Å². The predicted octanol–water partition coefficient (Wildman–Crippen LogP) is 4.46. The molecular formula is C19H24ClN3OS2. The third kappa shape index (κ3) is 4.75. The molecule has 1 aliphatic rings.